The number of carboxylic acid groups (broad SMARTS) is 1. The molecule has 1 aliphatic rings. The zero-order chi connectivity index (χ0) is 22.8. The maximum absolute atomic E-state index is 12.5. The smallest absolute Gasteiger partial charge is 0.322 e. The van der Waals surface area contributed by atoms with Gasteiger partial charge < -0.3 is 15.2 Å². The van der Waals surface area contributed by atoms with Gasteiger partial charge in [-0.2, -0.15) is 4.72 Å². The second kappa shape index (κ2) is 13.5. The average molecular weight is 497 g/mol. The molecule has 3 rings (SSSR count). The molecule has 2 aromatic carbocycles. The van der Waals surface area contributed by atoms with Crippen molar-refractivity contribution >= 4 is 28.4 Å². The zero-order valence-electron chi connectivity index (χ0n) is 18.6. The van der Waals surface area contributed by atoms with Gasteiger partial charge in [0.15, 0.2) is 0 Å². The third-order valence-electron chi connectivity index (χ3n) is 5.75. The third kappa shape index (κ3) is 8.97. The van der Waals surface area contributed by atoms with Crippen LogP contribution in [0.5, 0.6) is 5.75 Å². The molecule has 1 fully saturated rings. The monoisotopic (exact) mass is 496 g/mol. The standard InChI is InChI=1S/C24H32N2O5S.ClH/c27-24(28)23(26-32(29,30)22-7-2-1-3-8-22)18-20-9-11-21(12-10-20)31-17-5-4-6-19-13-15-25-16-14-19;/h1-3,7-12,19,23,25-26H,4-6,13-18H2,(H,27,28);1H. The molecule has 0 amide bonds. The molecule has 1 aliphatic heterocycles. The fourth-order valence-corrected chi connectivity index (χ4v) is 5.10. The Labute approximate surface area is 202 Å². The summed E-state index contributed by atoms with van der Waals surface area (Å²) in [4.78, 5) is 11.7. The van der Waals surface area contributed by atoms with Crippen LogP contribution in [0.4, 0.5) is 0 Å². The molecule has 0 spiro atoms. The number of ether oxygens (including phenoxy) is 1. The first-order chi connectivity index (χ1) is 15.4. The van der Waals surface area contributed by atoms with E-state index in [2.05, 4.69) is 10.0 Å². The van der Waals surface area contributed by atoms with Crippen molar-refractivity contribution in [1.29, 1.82) is 0 Å². The van der Waals surface area contributed by atoms with E-state index in [1.807, 2.05) is 0 Å². The number of piperidine rings is 1. The van der Waals surface area contributed by atoms with Gasteiger partial charge in [0.05, 0.1) is 11.5 Å². The summed E-state index contributed by atoms with van der Waals surface area (Å²) >= 11 is 0. The van der Waals surface area contributed by atoms with Crippen LogP contribution in [0, 0.1) is 5.92 Å². The molecule has 0 aromatic heterocycles. The molecule has 1 heterocycles. The molecule has 0 radical (unpaired) electrons. The lowest BCUT2D eigenvalue weighted by Gasteiger charge is -2.22. The number of unbranched alkanes of at least 4 members (excludes halogenated alkanes) is 1. The number of nitrogens with one attached hydrogen (secondary N) is 2. The van der Waals surface area contributed by atoms with Crippen molar-refractivity contribution in [3.63, 3.8) is 0 Å². The number of carbonyl (C=O) groups is 1. The molecule has 9 heteroatoms. The molecule has 1 unspecified atom stereocenters. The van der Waals surface area contributed by atoms with E-state index in [-0.39, 0.29) is 23.7 Å². The Hall–Kier alpha value is -2.13. The Morgan fingerprint density at radius 1 is 1.06 bits per heavy atom. The van der Waals surface area contributed by atoms with Crippen molar-refractivity contribution < 1.29 is 23.1 Å². The Balaban J connectivity index is 0.00000385. The van der Waals surface area contributed by atoms with Crippen molar-refractivity contribution in [1.82, 2.24) is 10.0 Å². The molecule has 0 saturated carbocycles. The first-order valence-corrected chi connectivity index (χ1v) is 12.6. The minimum atomic E-state index is -3.92. The van der Waals surface area contributed by atoms with Crippen LogP contribution in [-0.4, -0.2) is 45.2 Å². The number of hydrogen-bond acceptors (Lipinski definition) is 5. The summed E-state index contributed by atoms with van der Waals surface area (Å²) in [5.41, 5.74) is 0.714. The summed E-state index contributed by atoms with van der Waals surface area (Å²) in [6.45, 7) is 2.91. The minimum absolute atomic E-state index is 0. The predicted octanol–water partition coefficient (Wildman–Crippen LogP) is 3.63. The van der Waals surface area contributed by atoms with Crippen LogP contribution >= 0.6 is 12.4 Å². The van der Waals surface area contributed by atoms with E-state index in [0.717, 1.165) is 37.6 Å². The lowest BCUT2D eigenvalue weighted by molar-refractivity contribution is -0.138. The summed E-state index contributed by atoms with van der Waals surface area (Å²) < 4.78 is 33.0. The van der Waals surface area contributed by atoms with E-state index in [9.17, 15) is 18.3 Å². The van der Waals surface area contributed by atoms with Crippen LogP contribution in [0.2, 0.25) is 0 Å². The fourth-order valence-electron chi connectivity index (χ4n) is 3.89. The topological polar surface area (TPSA) is 105 Å². The van der Waals surface area contributed by atoms with Gasteiger partial charge in [-0.05, 0) is 80.9 Å². The van der Waals surface area contributed by atoms with Crippen molar-refractivity contribution in [3.05, 3.63) is 60.2 Å². The van der Waals surface area contributed by atoms with E-state index in [1.165, 1.54) is 31.4 Å². The number of aliphatic carboxylic acids is 1. The van der Waals surface area contributed by atoms with Crippen LogP contribution in [0.3, 0.4) is 0 Å². The lowest BCUT2D eigenvalue weighted by atomic mass is 9.93. The van der Waals surface area contributed by atoms with Crippen LogP contribution in [0.1, 0.15) is 37.7 Å². The number of rotatable bonds is 12. The molecular weight excluding hydrogens is 464 g/mol. The van der Waals surface area contributed by atoms with Gasteiger partial charge in [-0.1, -0.05) is 36.8 Å². The average Bonchev–Trinajstić information content (AvgIpc) is 2.80. The molecule has 7 nitrogen and oxygen atoms in total. The fraction of sp³-hybridized carbons (Fsp3) is 0.458. The molecular formula is C24H33ClN2O5S. The lowest BCUT2D eigenvalue weighted by Crippen LogP contribution is -2.42. The van der Waals surface area contributed by atoms with Gasteiger partial charge in [-0.25, -0.2) is 8.42 Å². The normalized spacial score (nSPS) is 15.4. The second-order valence-corrected chi connectivity index (χ2v) is 9.92. The first kappa shape index (κ1) is 27.1. The van der Waals surface area contributed by atoms with Gasteiger partial charge in [-0.15, -0.1) is 12.4 Å². The third-order valence-corrected chi connectivity index (χ3v) is 7.23. The Morgan fingerprint density at radius 3 is 2.36 bits per heavy atom. The van der Waals surface area contributed by atoms with Crippen molar-refractivity contribution in [2.45, 2.75) is 49.5 Å². The van der Waals surface area contributed by atoms with Crippen LogP contribution in [0.25, 0.3) is 0 Å². The highest BCUT2D eigenvalue weighted by atomic mass is 35.5. The summed E-state index contributed by atoms with van der Waals surface area (Å²) in [6.07, 6.45) is 5.98. The van der Waals surface area contributed by atoms with Gasteiger partial charge in [-0.3, -0.25) is 4.79 Å². The molecule has 0 bridgehead atoms. The highest BCUT2D eigenvalue weighted by molar-refractivity contribution is 7.89. The van der Waals surface area contributed by atoms with E-state index >= 15 is 0 Å². The Morgan fingerprint density at radius 2 is 1.73 bits per heavy atom. The Kier molecular flexibility index (Phi) is 11.1. The highest BCUT2D eigenvalue weighted by Gasteiger charge is 2.25. The van der Waals surface area contributed by atoms with Crippen molar-refractivity contribution in [3.8, 4) is 5.75 Å². The van der Waals surface area contributed by atoms with Gasteiger partial charge in [0.25, 0.3) is 0 Å². The predicted molar refractivity (Wildman–Crippen MR) is 131 cm³/mol. The van der Waals surface area contributed by atoms with Crippen LogP contribution in [0.15, 0.2) is 59.5 Å². The molecule has 1 atom stereocenters. The SMILES string of the molecule is Cl.O=C(O)C(Cc1ccc(OCCCCC2CCNCC2)cc1)NS(=O)(=O)c1ccccc1. The maximum Gasteiger partial charge on any atom is 0.322 e. The van der Waals surface area contributed by atoms with E-state index in [0.29, 0.717) is 12.2 Å². The molecule has 182 valence electrons. The molecule has 3 N–H and O–H groups in total. The minimum Gasteiger partial charge on any atom is -0.494 e. The van der Waals surface area contributed by atoms with E-state index in [1.54, 1.807) is 42.5 Å². The molecule has 33 heavy (non-hydrogen) atoms. The van der Waals surface area contributed by atoms with Crippen molar-refractivity contribution in [2.24, 2.45) is 5.92 Å². The number of carboxylic acids is 1. The Bertz CT molecular complexity index is 949. The van der Waals surface area contributed by atoms with Crippen LogP contribution in [-0.2, 0) is 21.2 Å². The largest absolute Gasteiger partial charge is 0.494 e. The number of benzene rings is 2. The number of hydrogen-bond donors (Lipinski definition) is 3. The molecule has 1 saturated heterocycles. The number of halogens is 1. The molecule has 2 aromatic rings. The van der Waals surface area contributed by atoms with Gasteiger partial charge >= 0.3 is 5.97 Å². The first-order valence-electron chi connectivity index (χ1n) is 11.2. The number of sulfonamides is 1. The van der Waals surface area contributed by atoms with Gasteiger partial charge in [0, 0.05) is 0 Å². The van der Waals surface area contributed by atoms with E-state index < -0.39 is 22.0 Å². The second-order valence-electron chi connectivity index (χ2n) is 8.21. The maximum atomic E-state index is 12.5. The van der Waals surface area contributed by atoms with Gasteiger partial charge in [0.1, 0.15) is 11.8 Å². The highest BCUT2D eigenvalue weighted by Crippen LogP contribution is 2.19. The summed E-state index contributed by atoms with van der Waals surface area (Å²) in [7, 11) is -3.92. The van der Waals surface area contributed by atoms with Gasteiger partial charge in [0.2, 0.25) is 10.0 Å². The van der Waals surface area contributed by atoms with Crippen molar-refractivity contribution in [2.75, 3.05) is 19.7 Å². The van der Waals surface area contributed by atoms with E-state index in [4.69, 9.17) is 4.74 Å². The zero-order valence-corrected chi connectivity index (χ0v) is 20.2. The summed E-state index contributed by atoms with van der Waals surface area (Å²) in [5.74, 6) is 0.336. The quantitative estimate of drug-likeness (QED) is 0.387. The van der Waals surface area contributed by atoms with Crippen LogP contribution < -0.4 is 14.8 Å². The molecule has 0 aliphatic carbocycles. The summed E-state index contributed by atoms with van der Waals surface area (Å²) in [5, 5.41) is 12.9. The summed E-state index contributed by atoms with van der Waals surface area (Å²) in [6, 6.07) is 13.6.